The van der Waals surface area contributed by atoms with E-state index in [1.165, 1.54) is 11.8 Å². The summed E-state index contributed by atoms with van der Waals surface area (Å²) in [6, 6.07) is 10.4. The minimum absolute atomic E-state index is 0.0564. The summed E-state index contributed by atoms with van der Waals surface area (Å²) >= 11 is 0. The van der Waals surface area contributed by atoms with Gasteiger partial charge in [0.1, 0.15) is 5.69 Å². The van der Waals surface area contributed by atoms with Crippen molar-refractivity contribution >= 4 is 11.8 Å². The maximum Gasteiger partial charge on any atom is 0.274 e. The fraction of sp³-hybridized carbons (Fsp3) is 0.455. The minimum Gasteiger partial charge on any atom is -0.350 e. The lowest BCUT2D eigenvalue weighted by Crippen LogP contribution is -2.56. The Balaban J connectivity index is 1.26. The zero-order chi connectivity index (χ0) is 19.8. The van der Waals surface area contributed by atoms with Crippen molar-refractivity contribution in [1.29, 1.82) is 0 Å². The Morgan fingerprint density at radius 1 is 1.14 bits per heavy atom. The number of benzene rings is 1. The smallest absolute Gasteiger partial charge is 0.274 e. The third-order valence-electron chi connectivity index (χ3n) is 6.79. The Morgan fingerprint density at radius 2 is 1.93 bits per heavy atom. The van der Waals surface area contributed by atoms with E-state index in [0.717, 1.165) is 32.5 Å². The normalized spacial score (nSPS) is 25.8. The van der Waals surface area contributed by atoms with Gasteiger partial charge in [0.2, 0.25) is 5.91 Å². The molecular formula is C22H25N5O2. The van der Waals surface area contributed by atoms with E-state index in [1.54, 1.807) is 12.4 Å². The highest BCUT2D eigenvalue weighted by Crippen LogP contribution is 2.44. The van der Waals surface area contributed by atoms with Gasteiger partial charge in [0.25, 0.3) is 5.91 Å². The third-order valence-corrected chi connectivity index (χ3v) is 6.79. The second-order valence-corrected chi connectivity index (χ2v) is 8.42. The van der Waals surface area contributed by atoms with Crippen molar-refractivity contribution in [2.24, 2.45) is 11.8 Å². The van der Waals surface area contributed by atoms with Crippen LogP contribution in [0.15, 0.2) is 48.9 Å². The third kappa shape index (κ3) is 3.29. The molecule has 1 aromatic carbocycles. The monoisotopic (exact) mass is 391 g/mol. The molecule has 0 saturated carbocycles. The van der Waals surface area contributed by atoms with Crippen LogP contribution in [0, 0.1) is 11.8 Å². The number of hydrogen-bond acceptors (Lipinski definition) is 5. The van der Waals surface area contributed by atoms with E-state index < -0.39 is 0 Å². The molecular weight excluding hydrogens is 366 g/mol. The summed E-state index contributed by atoms with van der Waals surface area (Å²) in [6.45, 7) is 3.90. The first-order valence-corrected chi connectivity index (χ1v) is 10.3. The lowest BCUT2D eigenvalue weighted by Gasteiger charge is -2.42. The summed E-state index contributed by atoms with van der Waals surface area (Å²) in [5.74, 6) is 0.471. The molecule has 0 unspecified atom stereocenters. The van der Waals surface area contributed by atoms with Gasteiger partial charge in [-0.25, -0.2) is 4.98 Å². The van der Waals surface area contributed by atoms with Crippen molar-refractivity contribution in [3.05, 3.63) is 60.2 Å². The summed E-state index contributed by atoms with van der Waals surface area (Å²) in [5, 5.41) is 3.32. The molecule has 5 rings (SSSR count). The molecule has 7 nitrogen and oxygen atoms in total. The first-order valence-electron chi connectivity index (χ1n) is 10.3. The number of hydrogen-bond donors (Lipinski definition) is 1. The molecule has 0 aliphatic carbocycles. The predicted octanol–water partition coefficient (Wildman–Crippen LogP) is 1.33. The standard InChI is InChI=1S/C22H25N5O2/c28-20-17-14-26(13-16-4-2-1-3-5-16)15-18(17)22(25-20)6-10-27(11-7-22)21(29)19-12-23-8-9-24-19/h1-5,8-9,12,17-18H,6-7,10-11,13-15H2,(H,25,28)/t17-,18+/m1/s1. The van der Waals surface area contributed by atoms with Crippen LogP contribution in [0.3, 0.4) is 0 Å². The summed E-state index contributed by atoms with van der Waals surface area (Å²) in [5.41, 5.74) is 1.48. The Kier molecular flexibility index (Phi) is 4.54. The van der Waals surface area contributed by atoms with Gasteiger partial charge < -0.3 is 10.2 Å². The van der Waals surface area contributed by atoms with Gasteiger partial charge in [-0.1, -0.05) is 30.3 Å². The van der Waals surface area contributed by atoms with Gasteiger partial charge in [0, 0.05) is 56.6 Å². The molecule has 0 bridgehead atoms. The first kappa shape index (κ1) is 18.2. The molecule has 0 radical (unpaired) electrons. The SMILES string of the molecule is O=C1NC2(CCN(C(=O)c3cnccn3)CC2)[C@H]2CN(Cc3ccccc3)C[C@@H]12. The summed E-state index contributed by atoms with van der Waals surface area (Å²) in [4.78, 5) is 37.8. The van der Waals surface area contributed by atoms with Crippen molar-refractivity contribution in [2.75, 3.05) is 26.2 Å². The van der Waals surface area contributed by atoms with Gasteiger partial charge >= 0.3 is 0 Å². The molecule has 7 heteroatoms. The number of carbonyl (C=O) groups is 2. The Labute approximate surface area is 170 Å². The van der Waals surface area contributed by atoms with Gasteiger partial charge in [0.05, 0.1) is 12.1 Å². The van der Waals surface area contributed by atoms with Gasteiger partial charge in [-0.3, -0.25) is 19.5 Å². The highest BCUT2D eigenvalue weighted by Gasteiger charge is 2.57. The molecule has 4 heterocycles. The summed E-state index contributed by atoms with van der Waals surface area (Å²) in [7, 11) is 0. The van der Waals surface area contributed by atoms with Crippen LogP contribution in [-0.4, -0.2) is 63.3 Å². The van der Waals surface area contributed by atoms with Crippen molar-refractivity contribution in [2.45, 2.75) is 24.9 Å². The number of amides is 2. The van der Waals surface area contributed by atoms with Gasteiger partial charge in [-0.15, -0.1) is 0 Å². The topological polar surface area (TPSA) is 78.4 Å². The number of fused-ring (bicyclic) bond motifs is 2. The van der Waals surface area contributed by atoms with Crippen molar-refractivity contribution < 1.29 is 9.59 Å². The van der Waals surface area contributed by atoms with Crippen LogP contribution in [0.1, 0.15) is 28.9 Å². The van der Waals surface area contributed by atoms with E-state index in [0.29, 0.717) is 24.7 Å². The van der Waals surface area contributed by atoms with E-state index >= 15 is 0 Å². The number of aromatic nitrogens is 2. The van der Waals surface area contributed by atoms with Crippen molar-refractivity contribution in [3.63, 3.8) is 0 Å². The van der Waals surface area contributed by atoms with Gasteiger partial charge in [-0.05, 0) is 18.4 Å². The zero-order valence-corrected chi connectivity index (χ0v) is 16.3. The predicted molar refractivity (Wildman–Crippen MR) is 107 cm³/mol. The molecule has 29 heavy (non-hydrogen) atoms. The molecule has 3 aliphatic rings. The lowest BCUT2D eigenvalue weighted by atomic mass is 9.75. The number of piperidine rings is 1. The highest BCUT2D eigenvalue weighted by molar-refractivity contribution is 5.92. The van der Waals surface area contributed by atoms with Crippen LogP contribution in [0.25, 0.3) is 0 Å². The van der Waals surface area contributed by atoms with Crippen molar-refractivity contribution in [3.8, 4) is 0 Å². The molecule has 3 saturated heterocycles. The Bertz CT molecular complexity index is 896. The minimum atomic E-state index is -0.188. The zero-order valence-electron chi connectivity index (χ0n) is 16.3. The van der Waals surface area contributed by atoms with E-state index in [2.05, 4.69) is 44.5 Å². The van der Waals surface area contributed by atoms with Gasteiger partial charge in [-0.2, -0.15) is 0 Å². The molecule has 1 N–H and O–H groups in total. The fourth-order valence-electron chi connectivity index (χ4n) is 5.29. The lowest BCUT2D eigenvalue weighted by molar-refractivity contribution is -0.123. The molecule has 150 valence electrons. The molecule has 2 atom stereocenters. The number of likely N-dealkylation sites (tertiary alicyclic amines) is 2. The van der Waals surface area contributed by atoms with Crippen LogP contribution < -0.4 is 5.32 Å². The van der Waals surface area contributed by atoms with Gasteiger partial charge in [0.15, 0.2) is 0 Å². The average molecular weight is 391 g/mol. The number of carbonyl (C=O) groups excluding carboxylic acids is 2. The second kappa shape index (κ2) is 7.22. The highest BCUT2D eigenvalue weighted by atomic mass is 16.2. The fourth-order valence-corrected chi connectivity index (χ4v) is 5.29. The second-order valence-electron chi connectivity index (χ2n) is 8.42. The maximum absolute atomic E-state index is 12.7. The van der Waals surface area contributed by atoms with E-state index in [9.17, 15) is 9.59 Å². The van der Waals surface area contributed by atoms with E-state index in [-0.39, 0.29) is 23.3 Å². The van der Waals surface area contributed by atoms with Crippen LogP contribution >= 0.6 is 0 Å². The molecule has 2 amide bonds. The van der Waals surface area contributed by atoms with Crippen LogP contribution in [0.5, 0.6) is 0 Å². The summed E-state index contributed by atoms with van der Waals surface area (Å²) in [6.07, 6.45) is 6.21. The average Bonchev–Trinajstić information content (AvgIpc) is 3.29. The number of nitrogens with one attached hydrogen (secondary N) is 1. The number of rotatable bonds is 3. The number of nitrogens with zero attached hydrogens (tertiary/aromatic N) is 4. The van der Waals surface area contributed by atoms with Crippen LogP contribution in [0.4, 0.5) is 0 Å². The molecule has 3 fully saturated rings. The first-order chi connectivity index (χ1) is 14.1. The quantitative estimate of drug-likeness (QED) is 0.854. The molecule has 1 spiro atoms. The van der Waals surface area contributed by atoms with Crippen LogP contribution in [0.2, 0.25) is 0 Å². The molecule has 1 aromatic heterocycles. The Hall–Kier alpha value is -2.80. The van der Waals surface area contributed by atoms with E-state index in [4.69, 9.17) is 0 Å². The summed E-state index contributed by atoms with van der Waals surface area (Å²) < 4.78 is 0. The Morgan fingerprint density at radius 3 is 2.66 bits per heavy atom. The largest absolute Gasteiger partial charge is 0.350 e. The van der Waals surface area contributed by atoms with Crippen molar-refractivity contribution in [1.82, 2.24) is 25.1 Å². The van der Waals surface area contributed by atoms with Crippen LogP contribution in [-0.2, 0) is 11.3 Å². The molecule has 3 aliphatic heterocycles. The maximum atomic E-state index is 12.7. The molecule has 2 aromatic rings. The van der Waals surface area contributed by atoms with E-state index in [1.807, 2.05) is 11.0 Å².